The van der Waals surface area contributed by atoms with Gasteiger partial charge in [0.25, 0.3) is 5.91 Å². The second kappa shape index (κ2) is 11.4. The molecule has 0 aromatic heterocycles. The molecular weight excluding hydrogens is 446 g/mol. The third-order valence-electron chi connectivity index (χ3n) is 6.55. The van der Waals surface area contributed by atoms with E-state index in [2.05, 4.69) is 0 Å². The summed E-state index contributed by atoms with van der Waals surface area (Å²) in [5, 5.41) is 6.36. The Bertz CT molecular complexity index is 1070. The van der Waals surface area contributed by atoms with Crippen LogP contribution in [0.1, 0.15) is 43.4 Å². The number of likely N-dealkylation sites (tertiary alicyclic amines) is 1. The van der Waals surface area contributed by atoms with Crippen molar-refractivity contribution in [2.45, 2.75) is 32.2 Å². The van der Waals surface area contributed by atoms with E-state index < -0.39 is 0 Å². The van der Waals surface area contributed by atoms with Gasteiger partial charge in [-0.05, 0) is 50.1 Å². The van der Waals surface area contributed by atoms with Gasteiger partial charge < -0.3 is 14.2 Å². The van der Waals surface area contributed by atoms with Gasteiger partial charge in [-0.25, -0.2) is 5.01 Å². The zero-order valence-corrected chi connectivity index (χ0v) is 20.6. The molecular formula is C27H33N3O5. The van der Waals surface area contributed by atoms with Gasteiger partial charge in [-0.2, -0.15) is 5.10 Å². The molecule has 4 rings (SSSR count). The number of methoxy groups -OCH3 is 2. The molecule has 2 atom stereocenters. The highest BCUT2D eigenvalue weighted by atomic mass is 16.5. The molecule has 2 aliphatic rings. The number of carbonyl (C=O) groups excluding carboxylic acids is 2. The number of nitrogens with zero attached hydrogens (tertiary/aromatic N) is 3. The number of hydrogen-bond acceptors (Lipinski definition) is 7. The van der Waals surface area contributed by atoms with Gasteiger partial charge in [0.15, 0.2) is 0 Å². The standard InChI is InChI=1S/C27H33N3O5/c1-4-35-27(32)20-11-8-14-29(17-20)18-26(31)30-24(16-23(28-30)19-9-6-5-7-10-19)22-15-21(33-2)12-13-25(22)34-3/h5-7,9-10,12-13,15,20,24H,4,8,11,14,16-18H2,1-3H3/t20-,24+/m0/s1. The smallest absolute Gasteiger partial charge is 0.310 e. The van der Waals surface area contributed by atoms with E-state index in [1.165, 1.54) is 0 Å². The zero-order chi connectivity index (χ0) is 24.8. The minimum Gasteiger partial charge on any atom is -0.497 e. The first-order chi connectivity index (χ1) is 17.0. The Balaban J connectivity index is 1.59. The van der Waals surface area contributed by atoms with E-state index in [9.17, 15) is 9.59 Å². The van der Waals surface area contributed by atoms with E-state index in [4.69, 9.17) is 19.3 Å². The molecule has 35 heavy (non-hydrogen) atoms. The molecule has 8 nitrogen and oxygen atoms in total. The summed E-state index contributed by atoms with van der Waals surface area (Å²) >= 11 is 0. The molecule has 186 valence electrons. The number of hydrazone groups is 1. The molecule has 1 fully saturated rings. The zero-order valence-electron chi connectivity index (χ0n) is 20.6. The first-order valence-corrected chi connectivity index (χ1v) is 12.1. The van der Waals surface area contributed by atoms with Gasteiger partial charge in [0.2, 0.25) is 0 Å². The van der Waals surface area contributed by atoms with Crippen LogP contribution in [0.25, 0.3) is 0 Å². The van der Waals surface area contributed by atoms with Crippen LogP contribution in [0.4, 0.5) is 0 Å². The van der Waals surface area contributed by atoms with Crippen molar-refractivity contribution in [3.63, 3.8) is 0 Å². The summed E-state index contributed by atoms with van der Waals surface area (Å²) in [6.45, 7) is 3.64. The number of ether oxygens (including phenoxy) is 3. The highest BCUT2D eigenvalue weighted by molar-refractivity contribution is 6.03. The summed E-state index contributed by atoms with van der Waals surface area (Å²) in [5.74, 6) is 0.866. The molecule has 8 heteroatoms. The van der Waals surface area contributed by atoms with Crippen LogP contribution < -0.4 is 9.47 Å². The van der Waals surface area contributed by atoms with Gasteiger partial charge in [0.05, 0.1) is 45.0 Å². The molecule has 0 spiro atoms. The third kappa shape index (κ3) is 5.65. The number of benzene rings is 2. The molecule has 0 N–H and O–H groups in total. The summed E-state index contributed by atoms with van der Waals surface area (Å²) < 4.78 is 16.3. The fourth-order valence-corrected chi connectivity index (χ4v) is 4.80. The van der Waals surface area contributed by atoms with Crippen molar-refractivity contribution < 1.29 is 23.8 Å². The Labute approximate surface area is 206 Å². The Kier molecular flexibility index (Phi) is 8.02. The molecule has 0 bridgehead atoms. The average molecular weight is 480 g/mol. The molecule has 0 unspecified atom stereocenters. The molecule has 1 amide bonds. The number of carbonyl (C=O) groups is 2. The second-order valence-electron chi connectivity index (χ2n) is 8.81. The average Bonchev–Trinajstić information content (AvgIpc) is 3.35. The van der Waals surface area contributed by atoms with Gasteiger partial charge in [-0.1, -0.05) is 30.3 Å². The van der Waals surface area contributed by atoms with E-state index in [0.29, 0.717) is 31.1 Å². The van der Waals surface area contributed by atoms with Crippen LogP contribution in [0, 0.1) is 5.92 Å². The maximum Gasteiger partial charge on any atom is 0.310 e. The molecule has 2 aliphatic heterocycles. The van der Waals surface area contributed by atoms with Gasteiger partial charge in [0, 0.05) is 18.5 Å². The molecule has 2 aromatic rings. The van der Waals surface area contributed by atoms with Crippen molar-refractivity contribution in [3.8, 4) is 11.5 Å². The molecule has 2 heterocycles. The van der Waals surface area contributed by atoms with Crippen LogP contribution in [0.5, 0.6) is 11.5 Å². The lowest BCUT2D eigenvalue weighted by Crippen LogP contribution is -2.44. The van der Waals surface area contributed by atoms with E-state index in [1.54, 1.807) is 19.2 Å². The maximum atomic E-state index is 13.6. The summed E-state index contributed by atoms with van der Waals surface area (Å²) in [6.07, 6.45) is 2.19. The van der Waals surface area contributed by atoms with Crippen molar-refractivity contribution in [1.29, 1.82) is 0 Å². The second-order valence-corrected chi connectivity index (χ2v) is 8.81. The van der Waals surface area contributed by atoms with Gasteiger partial charge >= 0.3 is 5.97 Å². The lowest BCUT2D eigenvalue weighted by molar-refractivity contribution is -0.150. The summed E-state index contributed by atoms with van der Waals surface area (Å²) in [7, 11) is 3.24. The lowest BCUT2D eigenvalue weighted by Gasteiger charge is -2.32. The van der Waals surface area contributed by atoms with Crippen molar-refractivity contribution >= 4 is 17.6 Å². The normalized spacial score (nSPS) is 20.3. The fourth-order valence-electron chi connectivity index (χ4n) is 4.80. The fraction of sp³-hybridized carbons (Fsp3) is 0.444. The van der Waals surface area contributed by atoms with Crippen LogP contribution in [0.2, 0.25) is 0 Å². The number of hydrogen-bond donors (Lipinski definition) is 0. The summed E-state index contributed by atoms with van der Waals surface area (Å²) in [6, 6.07) is 15.2. The Morgan fingerprint density at radius 3 is 2.60 bits per heavy atom. The summed E-state index contributed by atoms with van der Waals surface area (Å²) in [5.41, 5.74) is 2.67. The Morgan fingerprint density at radius 1 is 1.09 bits per heavy atom. The lowest BCUT2D eigenvalue weighted by atomic mass is 9.97. The van der Waals surface area contributed by atoms with Crippen molar-refractivity contribution in [3.05, 3.63) is 59.7 Å². The third-order valence-corrected chi connectivity index (χ3v) is 6.55. The van der Waals surface area contributed by atoms with E-state index >= 15 is 0 Å². The molecule has 0 saturated carbocycles. The van der Waals surface area contributed by atoms with E-state index in [0.717, 1.165) is 36.2 Å². The number of amides is 1. The van der Waals surface area contributed by atoms with Crippen molar-refractivity contribution in [2.24, 2.45) is 11.0 Å². The number of piperidine rings is 1. The maximum absolute atomic E-state index is 13.6. The van der Waals surface area contributed by atoms with Crippen LogP contribution in [0.3, 0.4) is 0 Å². The number of esters is 1. The van der Waals surface area contributed by atoms with Crippen molar-refractivity contribution in [1.82, 2.24) is 9.91 Å². The largest absolute Gasteiger partial charge is 0.497 e. The molecule has 0 aliphatic carbocycles. The van der Waals surface area contributed by atoms with Gasteiger partial charge in [-0.3, -0.25) is 14.5 Å². The van der Waals surface area contributed by atoms with Crippen LogP contribution in [-0.4, -0.2) is 68.0 Å². The quantitative estimate of drug-likeness (QED) is 0.538. The van der Waals surface area contributed by atoms with Crippen molar-refractivity contribution in [2.75, 3.05) is 40.5 Å². The minimum absolute atomic E-state index is 0.115. The van der Waals surface area contributed by atoms with Crippen LogP contribution in [-0.2, 0) is 14.3 Å². The van der Waals surface area contributed by atoms with E-state index in [-0.39, 0.29) is 30.4 Å². The molecule has 1 saturated heterocycles. The summed E-state index contributed by atoms with van der Waals surface area (Å²) in [4.78, 5) is 27.9. The first kappa shape index (κ1) is 24.7. The number of rotatable bonds is 8. The predicted octanol–water partition coefficient (Wildman–Crippen LogP) is 3.66. The monoisotopic (exact) mass is 479 g/mol. The van der Waals surface area contributed by atoms with Gasteiger partial charge in [0.1, 0.15) is 11.5 Å². The predicted molar refractivity (Wildman–Crippen MR) is 133 cm³/mol. The van der Waals surface area contributed by atoms with Gasteiger partial charge in [-0.15, -0.1) is 0 Å². The Hall–Kier alpha value is -3.39. The topological polar surface area (TPSA) is 80.7 Å². The SMILES string of the molecule is CCOC(=O)[C@H]1CCCN(CC(=O)N2N=C(c3ccccc3)C[C@@H]2c2cc(OC)ccc2OC)C1. The van der Waals surface area contributed by atoms with E-state index in [1.807, 2.05) is 60.4 Å². The molecule has 0 radical (unpaired) electrons. The van der Waals surface area contributed by atoms with Crippen LogP contribution >= 0.6 is 0 Å². The first-order valence-electron chi connectivity index (χ1n) is 12.1. The van der Waals surface area contributed by atoms with Crippen LogP contribution in [0.15, 0.2) is 53.6 Å². The Morgan fingerprint density at radius 2 is 1.89 bits per heavy atom. The highest BCUT2D eigenvalue weighted by Crippen LogP contribution is 2.39. The molecule has 2 aromatic carbocycles. The highest BCUT2D eigenvalue weighted by Gasteiger charge is 2.36. The minimum atomic E-state index is -0.326.